The summed E-state index contributed by atoms with van der Waals surface area (Å²) in [5, 5.41) is 0.0302. The quantitative estimate of drug-likeness (QED) is 0.461. The zero-order chi connectivity index (χ0) is 24.2. The highest BCUT2D eigenvalue weighted by atomic mass is 32.2. The molecule has 0 aliphatic heterocycles. The number of aryl methyl sites for hydroxylation is 1. The minimum absolute atomic E-state index is 0.0207. The summed E-state index contributed by atoms with van der Waals surface area (Å²) in [5.41, 5.74) is 3.46. The van der Waals surface area contributed by atoms with E-state index in [0.29, 0.717) is 18.8 Å². The summed E-state index contributed by atoms with van der Waals surface area (Å²) < 4.78 is 28.6. The van der Waals surface area contributed by atoms with Crippen molar-refractivity contribution in [2.75, 3.05) is 0 Å². The molecule has 0 bridgehead atoms. The van der Waals surface area contributed by atoms with Gasteiger partial charge < -0.3 is 9.47 Å². The lowest BCUT2D eigenvalue weighted by atomic mass is 10.1. The molecule has 0 aliphatic carbocycles. The number of nitrogens with zero attached hydrogens (tertiary/aromatic N) is 3. The van der Waals surface area contributed by atoms with Gasteiger partial charge in [-0.3, -0.25) is 4.79 Å². The van der Waals surface area contributed by atoms with E-state index in [2.05, 4.69) is 4.98 Å². The molecule has 1 heterocycles. The molecule has 0 N–H and O–H groups in total. The first-order chi connectivity index (χ1) is 15.6. The van der Waals surface area contributed by atoms with E-state index in [1.807, 2.05) is 89.2 Å². The van der Waals surface area contributed by atoms with Gasteiger partial charge in [-0.1, -0.05) is 74.0 Å². The molecule has 176 valence electrons. The summed E-state index contributed by atoms with van der Waals surface area (Å²) >= 11 is 0. The van der Waals surface area contributed by atoms with Gasteiger partial charge in [-0.15, -0.1) is 0 Å². The van der Waals surface area contributed by atoms with E-state index in [4.69, 9.17) is 0 Å². The number of hydrogen-bond donors (Lipinski definition) is 0. The Morgan fingerprint density at radius 2 is 1.61 bits per heavy atom. The van der Waals surface area contributed by atoms with Crippen molar-refractivity contribution in [3.05, 3.63) is 83.2 Å². The van der Waals surface area contributed by atoms with Crippen molar-refractivity contribution in [2.45, 2.75) is 64.7 Å². The zero-order valence-corrected chi connectivity index (χ0v) is 20.8. The lowest BCUT2D eigenvalue weighted by Crippen LogP contribution is -2.39. The molecular formula is C26H33N3O3S. The van der Waals surface area contributed by atoms with Crippen LogP contribution in [0.15, 0.2) is 66.0 Å². The molecule has 6 nitrogen and oxygen atoms in total. The van der Waals surface area contributed by atoms with Gasteiger partial charge in [0.25, 0.3) is 0 Å². The monoisotopic (exact) mass is 467 g/mol. The maximum Gasteiger partial charge on any atom is 0.228 e. The Bertz CT molecular complexity index is 1180. The molecule has 0 spiro atoms. The molecule has 33 heavy (non-hydrogen) atoms. The van der Waals surface area contributed by atoms with E-state index >= 15 is 0 Å². The summed E-state index contributed by atoms with van der Waals surface area (Å²) in [4.78, 5) is 18.9. The molecule has 7 heteroatoms. The van der Waals surface area contributed by atoms with Crippen molar-refractivity contribution < 1.29 is 13.2 Å². The SMILES string of the molecule is Cc1ccc(CS(=O)(=O)c2ncc(CN(C(=O)C(C)C)C(C)C)n2Cc2ccccc2)cc1. The highest BCUT2D eigenvalue weighted by Crippen LogP contribution is 2.22. The van der Waals surface area contributed by atoms with E-state index in [-0.39, 0.29) is 28.8 Å². The highest BCUT2D eigenvalue weighted by molar-refractivity contribution is 7.90. The minimum atomic E-state index is -3.70. The number of carbonyl (C=O) groups is 1. The Kier molecular flexibility index (Phi) is 7.74. The third-order valence-electron chi connectivity index (χ3n) is 5.57. The van der Waals surface area contributed by atoms with Gasteiger partial charge in [0.05, 0.1) is 30.7 Å². The lowest BCUT2D eigenvalue weighted by molar-refractivity contribution is -0.137. The molecular weight excluding hydrogens is 434 g/mol. The second-order valence-corrected chi connectivity index (χ2v) is 10.9. The van der Waals surface area contributed by atoms with E-state index in [9.17, 15) is 13.2 Å². The minimum Gasteiger partial charge on any atom is -0.334 e. The van der Waals surface area contributed by atoms with Gasteiger partial charge in [-0.05, 0) is 31.9 Å². The molecule has 0 fully saturated rings. The molecule has 1 amide bonds. The smallest absolute Gasteiger partial charge is 0.228 e. The van der Waals surface area contributed by atoms with Gasteiger partial charge in [0.15, 0.2) is 0 Å². The van der Waals surface area contributed by atoms with Gasteiger partial charge in [0.1, 0.15) is 0 Å². The third kappa shape index (κ3) is 6.11. The zero-order valence-electron chi connectivity index (χ0n) is 20.0. The number of hydrogen-bond acceptors (Lipinski definition) is 4. The molecule has 0 saturated carbocycles. The lowest BCUT2D eigenvalue weighted by Gasteiger charge is -2.29. The Morgan fingerprint density at radius 1 is 0.970 bits per heavy atom. The third-order valence-corrected chi connectivity index (χ3v) is 7.17. The van der Waals surface area contributed by atoms with Crippen LogP contribution in [0, 0.1) is 12.8 Å². The second kappa shape index (κ2) is 10.3. The molecule has 0 aliphatic rings. The van der Waals surface area contributed by atoms with Crippen molar-refractivity contribution in [3.8, 4) is 0 Å². The summed E-state index contributed by atoms with van der Waals surface area (Å²) in [7, 11) is -3.70. The first-order valence-electron chi connectivity index (χ1n) is 11.3. The van der Waals surface area contributed by atoms with Crippen LogP contribution in [0.4, 0.5) is 0 Å². The summed E-state index contributed by atoms with van der Waals surface area (Å²) in [5.74, 6) is -0.249. The second-order valence-electron chi connectivity index (χ2n) is 9.06. The van der Waals surface area contributed by atoms with Crippen LogP contribution in [0.2, 0.25) is 0 Å². The molecule has 0 unspecified atom stereocenters. The standard InChI is InChI=1S/C26H33N3O3S/c1-19(2)25(30)28(20(3)4)17-24-15-27-26(29(24)16-22-9-7-6-8-10-22)33(31,32)18-23-13-11-21(5)12-14-23/h6-15,19-20H,16-18H2,1-5H3. The van der Waals surface area contributed by atoms with Crippen LogP contribution in [0.25, 0.3) is 0 Å². The molecule has 0 radical (unpaired) electrons. The largest absolute Gasteiger partial charge is 0.334 e. The van der Waals surface area contributed by atoms with Gasteiger partial charge in [-0.25, -0.2) is 13.4 Å². The first kappa shape index (κ1) is 24.7. The van der Waals surface area contributed by atoms with Crippen molar-refractivity contribution in [3.63, 3.8) is 0 Å². The fourth-order valence-electron chi connectivity index (χ4n) is 3.69. The maximum atomic E-state index is 13.4. The normalized spacial score (nSPS) is 11.8. The molecule has 2 aromatic carbocycles. The van der Waals surface area contributed by atoms with Crippen molar-refractivity contribution in [2.24, 2.45) is 5.92 Å². The van der Waals surface area contributed by atoms with Gasteiger partial charge in [-0.2, -0.15) is 0 Å². The molecule has 0 saturated heterocycles. The average molecular weight is 468 g/mol. The van der Waals surface area contributed by atoms with Gasteiger partial charge in [0, 0.05) is 12.0 Å². The van der Waals surface area contributed by atoms with Crippen LogP contribution in [0.5, 0.6) is 0 Å². The predicted molar refractivity (Wildman–Crippen MR) is 130 cm³/mol. The summed E-state index contributed by atoms with van der Waals surface area (Å²) in [6, 6.07) is 17.2. The van der Waals surface area contributed by atoms with Crippen LogP contribution in [-0.4, -0.2) is 34.8 Å². The number of aromatic nitrogens is 2. The molecule has 3 rings (SSSR count). The van der Waals surface area contributed by atoms with E-state index in [1.54, 1.807) is 15.7 Å². The number of benzene rings is 2. The number of amides is 1. The van der Waals surface area contributed by atoms with Crippen molar-refractivity contribution >= 4 is 15.7 Å². The van der Waals surface area contributed by atoms with Gasteiger partial charge in [0.2, 0.25) is 20.9 Å². The number of carbonyl (C=O) groups excluding carboxylic acids is 1. The maximum absolute atomic E-state index is 13.4. The number of sulfone groups is 1. The highest BCUT2D eigenvalue weighted by Gasteiger charge is 2.27. The topological polar surface area (TPSA) is 72.3 Å². The van der Waals surface area contributed by atoms with Crippen LogP contribution >= 0.6 is 0 Å². The predicted octanol–water partition coefficient (Wildman–Crippen LogP) is 4.61. The Labute approximate surface area is 197 Å². The van der Waals surface area contributed by atoms with Gasteiger partial charge >= 0.3 is 0 Å². The number of imidazole rings is 1. The van der Waals surface area contributed by atoms with Crippen LogP contribution in [0.3, 0.4) is 0 Å². The molecule has 1 aromatic heterocycles. The fourth-order valence-corrected chi connectivity index (χ4v) is 5.18. The first-order valence-corrected chi connectivity index (χ1v) is 12.9. The van der Waals surface area contributed by atoms with E-state index in [1.165, 1.54) is 0 Å². The number of rotatable bonds is 9. The van der Waals surface area contributed by atoms with Crippen LogP contribution in [0.1, 0.15) is 50.1 Å². The van der Waals surface area contributed by atoms with Crippen LogP contribution < -0.4 is 0 Å². The van der Waals surface area contributed by atoms with Crippen LogP contribution in [-0.2, 0) is 33.5 Å². The molecule has 3 aromatic rings. The summed E-state index contributed by atoms with van der Waals surface area (Å²) in [6.45, 7) is 10.3. The Morgan fingerprint density at radius 3 is 2.18 bits per heavy atom. The summed E-state index contributed by atoms with van der Waals surface area (Å²) in [6.07, 6.45) is 1.59. The Hall–Kier alpha value is -2.93. The van der Waals surface area contributed by atoms with Crippen molar-refractivity contribution in [1.82, 2.24) is 14.5 Å². The van der Waals surface area contributed by atoms with E-state index in [0.717, 1.165) is 16.7 Å². The molecule has 0 atom stereocenters. The fraction of sp³-hybridized carbons (Fsp3) is 0.385. The van der Waals surface area contributed by atoms with Crippen molar-refractivity contribution in [1.29, 1.82) is 0 Å². The Balaban J connectivity index is 2.02. The average Bonchev–Trinajstić information content (AvgIpc) is 3.16. The van der Waals surface area contributed by atoms with E-state index < -0.39 is 9.84 Å².